The van der Waals surface area contributed by atoms with Gasteiger partial charge in [0.05, 0.1) is 15.0 Å². The maximum Gasteiger partial charge on any atom is 0.286 e. The van der Waals surface area contributed by atoms with Crippen molar-refractivity contribution in [3.8, 4) is 5.75 Å². The summed E-state index contributed by atoms with van der Waals surface area (Å²) in [7, 11) is 0. The van der Waals surface area contributed by atoms with E-state index < -0.39 is 11.8 Å². The molecule has 3 rings (SSSR count). The highest BCUT2D eigenvalue weighted by Crippen LogP contribution is 2.32. The van der Waals surface area contributed by atoms with Crippen molar-refractivity contribution in [2.24, 2.45) is 4.99 Å². The van der Waals surface area contributed by atoms with E-state index >= 15 is 0 Å². The Bertz CT molecular complexity index is 1140. The van der Waals surface area contributed by atoms with Crippen LogP contribution in [0.15, 0.2) is 50.8 Å². The van der Waals surface area contributed by atoms with E-state index in [0.29, 0.717) is 32.0 Å². The van der Waals surface area contributed by atoms with E-state index in [2.05, 4.69) is 31.6 Å². The van der Waals surface area contributed by atoms with Gasteiger partial charge in [0.25, 0.3) is 11.8 Å². The first-order valence-corrected chi connectivity index (χ1v) is 11.0. The van der Waals surface area contributed by atoms with Gasteiger partial charge < -0.3 is 15.4 Å². The number of thioether (sulfide) groups is 1. The first-order chi connectivity index (χ1) is 14.7. The molecule has 1 aliphatic rings. The van der Waals surface area contributed by atoms with Crippen molar-refractivity contribution in [1.29, 1.82) is 0 Å². The van der Waals surface area contributed by atoms with Crippen LogP contribution in [-0.2, 0) is 14.4 Å². The van der Waals surface area contributed by atoms with Crippen LogP contribution in [0.25, 0.3) is 6.08 Å². The molecule has 2 aromatic rings. The second kappa shape index (κ2) is 10.3. The van der Waals surface area contributed by atoms with Gasteiger partial charge in [-0.05, 0) is 54.2 Å². The van der Waals surface area contributed by atoms with Crippen LogP contribution in [0, 0.1) is 0 Å². The maximum atomic E-state index is 12.2. The van der Waals surface area contributed by atoms with E-state index in [1.54, 1.807) is 36.4 Å². The van der Waals surface area contributed by atoms with Crippen molar-refractivity contribution in [3.63, 3.8) is 0 Å². The zero-order valence-electron chi connectivity index (χ0n) is 15.9. The fourth-order valence-corrected chi connectivity index (χ4v) is 3.96. The van der Waals surface area contributed by atoms with Gasteiger partial charge in [0.1, 0.15) is 5.75 Å². The molecular weight excluding hydrogens is 529 g/mol. The summed E-state index contributed by atoms with van der Waals surface area (Å²) in [5.41, 5.74) is 1.04. The van der Waals surface area contributed by atoms with Crippen LogP contribution in [0.5, 0.6) is 5.75 Å². The lowest BCUT2D eigenvalue weighted by Crippen LogP contribution is -2.23. The third-order valence-electron chi connectivity index (χ3n) is 3.72. The van der Waals surface area contributed by atoms with Gasteiger partial charge in [-0.1, -0.05) is 39.1 Å². The minimum Gasteiger partial charge on any atom is -0.483 e. The number of rotatable bonds is 5. The molecule has 11 heteroatoms. The van der Waals surface area contributed by atoms with Gasteiger partial charge in [0.2, 0.25) is 5.91 Å². The Morgan fingerprint density at radius 3 is 2.65 bits per heavy atom. The highest BCUT2D eigenvalue weighted by Gasteiger charge is 2.23. The van der Waals surface area contributed by atoms with Crippen LogP contribution in [0.3, 0.4) is 0 Å². The number of nitrogens with one attached hydrogen (secondary N) is 2. The molecule has 0 radical (unpaired) electrons. The van der Waals surface area contributed by atoms with Gasteiger partial charge >= 0.3 is 0 Å². The fourth-order valence-electron chi connectivity index (χ4n) is 2.43. The Labute approximate surface area is 200 Å². The van der Waals surface area contributed by atoms with Crippen LogP contribution in [0.4, 0.5) is 5.69 Å². The largest absolute Gasteiger partial charge is 0.483 e. The summed E-state index contributed by atoms with van der Waals surface area (Å²) in [6, 6.07) is 9.89. The van der Waals surface area contributed by atoms with E-state index in [0.717, 1.165) is 16.2 Å². The number of halogens is 3. The third-order valence-corrected chi connectivity index (χ3v) is 5.86. The number of ether oxygens (including phenoxy) is 1. The van der Waals surface area contributed by atoms with Crippen molar-refractivity contribution in [1.82, 2.24) is 5.32 Å². The maximum absolute atomic E-state index is 12.2. The topological polar surface area (TPSA) is 96.9 Å². The van der Waals surface area contributed by atoms with Crippen LogP contribution in [-0.4, -0.2) is 29.5 Å². The molecular formula is C20H14BrCl2N3O4S. The summed E-state index contributed by atoms with van der Waals surface area (Å²) >= 11 is 16.2. The van der Waals surface area contributed by atoms with E-state index in [4.69, 9.17) is 27.9 Å². The van der Waals surface area contributed by atoms with Gasteiger partial charge in [0, 0.05) is 22.6 Å². The van der Waals surface area contributed by atoms with Gasteiger partial charge in [-0.2, -0.15) is 4.99 Å². The number of carbonyl (C=O) groups is 3. The number of anilines is 1. The molecule has 0 aliphatic carbocycles. The van der Waals surface area contributed by atoms with Gasteiger partial charge in [-0.25, -0.2) is 0 Å². The zero-order chi connectivity index (χ0) is 22.5. The van der Waals surface area contributed by atoms with E-state index in [1.165, 1.54) is 13.0 Å². The molecule has 0 aromatic heterocycles. The quantitative estimate of drug-likeness (QED) is 0.525. The molecule has 0 bridgehead atoms. The number of carbonyl (C=O) groups excluding carboxylic acids is 3. The number of hydrogen-bond acceptors (Lipinski definition) is 5. The van der Waals surface area contributed by atoms with Crippen LogP contribution >= 0.6 is 50.9 Å². The average molecular weight is 543 g/mol. The number of nitrogens with zero attached hydrogens (tertiary/aromatic N) is 1. The van der Waals surface area contributed by atoms with Crippen molar-refractivity contribution in [3.05, 3.63) is 61.4 Å². The summed E-state index contributed by atoms with van der Waals surface area (Å²) < 4.78 is 6.41. The summed E-state index contributed by atoms with van der Waals surface area (Å²) in [6.45, 7) is 1.06. The Kier molecular flexibility index (Phi) is 7.77. The first-order valence-electron chi connectivity index (χ1n) is 8.68. The predicted octanol–water partition coefficient (Wildman–Crippen LogP) is 4.88. The standard InChI is InChI=1S/C20H14BrCl2N3O4S/c1-10(27)24-20-26-19(29)17(31-20)7-11-6-12(21)2-5-16(11)30-9-18(28)25-13-3-4-14(22)15(23)8-13/h2-8H,9H2,1H3,(H,25,28)(H,24,26,27,29)/b17-7+. The number of amidine groups is 1. The molecule has 0 fully saturated rings. The molecule has 2 aromatic carbocycles. The fraction of sp³-hybridized carbons (Fsp3) is 0.100. The van der Waals surface area contributed by atoms with Crippen molar-refractivity contribution < 1.29 is 19.1 Å². The number of amides is 3. The first kappa shape index (κ1) is 23.3. The molecule has 1 heterocycles. The van der Waals surface area contributed by atoms with Crippen LogP contribution in [0.2, 0.25) is 10.0 Å². The average Bonchev–Trinajstić information content (AvgIpc) is 3.02. The highest BCUT2D eigenvalue weighted by molar-refractivity contribution is 9.10. The molecule has 0 atom stereocenters. The summed E-state index contributed by atoms with van der Waals surface area (Å²) in [4.78, 5) is 39.7. The summed E-state index contributed by atoms with van der Waals surface area (Å²) in [6.07, 6.45) is 1.59. The summed E-state index contributed by atoms with van der Waals surface area (Å²) in [5.74, 6) is -0.805. The second-order valence-corrected chi connectivity index (χ2v) is 8.92. The van der Waals surface area contributed by atoms with E-state index in [9.17, 15) is 14.4 Å². The smallest absolute Gasteiger partial charge is 0.286 e. The minimum atomic E-state index is -0.475. The van der Waals surface area contributed by atoms with E-state index in [1.807, 2.05) is 0 Å². The molecule has 0 spiro atoms. The van der Waals surface area contributed by atoms with Crippen molar-refractivity contribution in [2.45, 2.75) is 6.92 Å². The number of aliphatic imine (C=N–C) groups is 1. The lowest BCUT2D eigenvalue weighted by molar-refractivity contribution is -0.118. The van der Waals surface area contributed by atoms with Gasteiger partial charge in [-0.3, -0.25) is 14.4 Å². The SMILES string of the molecule is CC(=O)NC1=NC(=O)/C(=C\c2cc(Br)ccc2OCC(=O)Nc2ccc(Cl)c(Cl)c2)S1. The van der Waals surface area contributed by atoms with Gasteiger partial charge in [0.15, 0.2) is 11.8 Å². The lowest BCUT2D eigenvalue weighted by atomic mass is 10.2. The molecule has 1 aliphatic heterocycles. The molecule has 31 heavy (non-hydrogen) atoms. The lowest BCUT2D eigenvalue weighted by Gasteiger charge is -2.11. The van der Waals surface area contributed by atoms with Crippen molar-refractivity contribution >= 4 is 85.5 Å². The van der Waals surface area contributed by atoms with Crippen molar-refractivity contribution in [2.75, 3.05) is 11.9 Å². The number of hydrogen-bond donors (Lipinski definition) is 2. The predicted molar refractivity (Wildman–Crippen MR) is 127 cm³/mol. The molecule has 0 saturated carbocycles. The Balaban J connectivity index is 1.70. The number of benzene rings is 2. The molecule has 160 valence electrons. The Morgan fingerprint density at radius 2 is 1.94 bits per heavy atom. The molecule has 3 amide bonds. The highest BCUT2D eigenvalue weighted by atomic mass is 79.9. The van der Waals surface area contributed by atoms with Crippen LogP contribution in [0.1, 0.15) is 12.5 Å². The Hall–Kier alpha value is -2.33. The van der Waals surface area contributed by atoms with E-state index in [-0.39, 0.29) is 17.7 Å². The monoisotopic (exact) mass is 541 g/mol. The van der Waals surface area contributed by atoms with Gasteiger partial charge in [-0.15, -0.1) is 0 Å². The molecule has 0 unspecified atom stereocenters. The normalized spacial score (nSPS) is 14.4. The second-order valence-electron chi connectivity index (χ2n) is 6.16. The van der Waals surface area contributed by atoms with Crippen LogP contribution < -0.4 is 15.4 Å². The molecule has 7 nitrogen and oxygen atoms in total. The third kappa shape index (κ3) is 6.57. The summed E-state index contributed by atoms with van der Waals surface area (Å²) in [5, 5.41) is 6.07. The zero-order valence-corrected chi connectivity index (χ0v) is 19.8. The minimum absolute atomic E-state index is 0.210. The molecule has 2 N–H and O–H groups in total. The Morgan fingerprint density at radius 1 is 1.16 bits per heavy atom. The molecule has 0 saturated heterocycles.